The average Bonchev–Trinajstić information content (AvgIpc) is 2.28. The number of amides is 1. The minimum absolute atomic E-state index is 0.00919. The second-order valence-corrected chi connectivity index (χ2v) is 4.85. The van der Waals surface area contributed by atoms with Gasteiger partial charge in [-0.3, -0.25) is 4.79 Å². The minimum atomic E-state index is -1.16. The first-order valence-corrected chi connectivity index (χ1v) is 6.12. The Kier molecular flexibility index (Phi) is 5.31. The molecule has 0 heterocycles. The summed E-state index contributed by atoms with van der Waals surface area (Å²) in [6.07, 6.45) is 0.185. The lowest BCUT2D eigenvalue weighted by molar-refractivity contribution is -0.126. The molecule has 0 radical (unpaired) electrons. The van der Waals surface area contributed by atoms with Crippen molar-refractivity contribution >= 4 is 5.91 Å². The third kappa shape index (κ3) is 4.85. The zero-order valence-corrected chi connectivity index (χ0v) is 10.9. The van der Waals surface area contributed by atoms with E-state index in [1.54, 1.807) is 6.92 Å². The average molecular weight is 251 g/mol. The van der Waals surface area contributed by atoms with E-state index in [0.717, 1.165) is 5.56 Å². The molecule has 0 saturated heterocycles. The Morgan fingerprint density at radius 2 is 2.00 bits per heavy atom. The molecule has 0 aliphatic heterocycles. The van der Waals surface area contributed by atoms with Crippen LogP contribution in [0.15, 0.2) is 30.3 Å². The molecule has 0 spiro atoms. The normalized spacial score (nSPS) is 15.8. The maximum atomic E-state index is 11.8. The first-order valence-electron chi connectivity index (χ1n) is 6.12. The smallest absolute Gasteiger partial charge is 0.223 e. The number of aliphatic hydroxyl groups is 2. The van der Waals surface area contributed by atoms with E-state index in [1.807, 2.05) is 37.3 Å². The highest BCUT2D eigenvalue weighted by Gasteiger charge is 2.24. The molecule has 3 N–H and O–H groups in total. The number of aliphatic hydroxyl groups excluding tert-OH is 1. The number of rotatable bonds is 6. The molecular formula is C14H21NO3. The van der Waals surface area contributed by atoms with Gasteiger partial charge in [0.2, 0.25) is 5.91 Å². The van der Waals surface area contributed by atoms with Crippen LogP contribution in [0.4, 0.5) is 0 Å². The molecule has 0 fully saturated rings. The number of hydrogen-bond donors (Lipinski definition) is 3. The highest BCUT2D eigenvalue weighted by Crippen LogP contribution is 2.16. The van der Waals surface area contributed by atoms with Crippen molar-refractivity contribution in [3.8, 4) is 0 Å². The topological polar surface area (TPSA) is 69.6 Å². The van der Waals surface area contributed by atoms with Crippen molar-refractivity contribution in [1.82, 2.24) is 5.32 Å². The van der Waals surface area contributed by atoms with Crippen molar-refractivity contribution in [2.24, 2.45) is 0 Å². The zero-order valence-electron chi connectivity index (χ0n) is 10.9. The Bertz CT molecular complexity index is 376. The van der Waals surface area contributed by atoms with E-state index in [-0.39, 0.29) is 31.4 Å². The van der Waals surface area contributed by atoms with Crippen molar-refractivity contribution in [2.45, 2.75) is 38.3 Å². The van der Waals surface area contributed by atoms with E-state index >= 15 is 0 Å². The van der Waals surface area contributed by atoms with Gasteiger partial charge < -0.3 is 15.5 Å². The molecule has 0 aromatic heterocycles. The van der Waals surface area contributed by atoms with Crippen LogP contribution in [0.25, 0.3) is 0 Å². The van der Waals surface area contributed by atoms with Crippen LogP contribution in [0, 0.1) is 0 Å². The van der Waals surface area contributed by atoms with Gasteiger partial charge in [0.1, 0.15) is 0 Å². The summed E-state index contributed by atoms with van der Waals surface area (Å²) in [6, 6.07) is 9.54. The quantitative estimate of drug-likeness (QED) is 0.715. The van der Waals surface area contributed by atoms with Gasteiger partial charge in [0, 0.05) is 6.61 Å². The number of carbonyl (C=O) groups is 1. The van der Waals surface area contributed by atoms with E-state index in [9.17, 15) is 9.90 Å². The van der Waals surface area contributed by atoms with Crippen molar-refractivity contribution < 1.29 is 15.0 Å². The Balaban J connectivity index is 2.50. The van der Waals surface area contributed by atoms with E-state index in [2.05, 4.69) is 5.32 Å². The van der Waals surface area contributed by atoms with E-state index in [1.165, 1.54) is 0 Å². The fourth-order valence-corrected chi connectivity index (χ4v) is 1.79. The van der Waals surface area contributed by atoms with Crippen LogP contribution in [0.3, 0.4) is 0 Å². The van der Waals surface area contributed by atoms with Crippen molar-refractivity contribution in [3.63, 3.8) is 0 Å². The summed E-state index contributed by atoms with van der Waals surface area (Å²) in [6.45, 7) is 3.32. The molecule has 4 nitrogen and oxygen atoms in total. The van der Waals surface area contributed by atoms with Crippen LogP contribution >= 0.6 is 0 Å². The van der Waals surface area contributed by atoms with Crippen LogP contribution in [0.2, 0.25) is 0 Å². The van der Waals surface area contributed by atoms with Gasteiger partial charge in [-0.05, 0) is 25.8 Å². The lowest BCUT2D eigenvalue weighted by Gasteiger charge is -2.23. The summed E-state index contributed by atoms with van der Waals surface area (Å²) in [4.78, 5) is 11.8. The molecule has 1 aromatic carbocycles. The standard InChI is InChI=1S/C14H21NO3/c1-11(12-6-4-3-5-7-12)15-13(17)10-14(2,18)8-9-16/h3-7,11,16,18H,8-10H2,1-2H3,(H,15,17)/t11-,14+/m0/s1. The second-order valence-electron chi connectivity index (χ2n) is 4.85. The van der Waals surface area contributed by atoms with Gasteiger partial charge in [-0.15, -0.1) is 0 Å². The van der Waals surface area contributed by atoms with Crippen LogP contribution in [0.5, 0.6) is 0 Å². The summed E-state index contributed by atoms with van der Waals surface area (Å²) < 4.78 is 0. The molecule has 4 heteroatoms. The lowest BCUT2D eigenvalue weighted by Crippen LogP contribution is -2.36. The first-order chi connectivity index (χ1) is 8.44. The monoisotopic (exact) mass is 251 g/mol. The number of carbonyl (C=O) groups excluding carboxylic acids is 1. The fourth-order valence-electron chi connectivity index (χ4n) is 1.79. The summed E-state index contributed by atoms with van der Waals surface area (Å²) in [7, 11) is 0. The molecule has 100 valence electrons. The third-order valence-corrected chi connectivity index (χ3v) is 2.87. The van der Waals surface area contributed by atoms with Gasteiger partial charge in [-0.25, -0.2) is 0 Å². The molecule has 18 heavy (non-hydrogen) atoms. The van der Waals surface area contributed by atoms with Crippen LogP contribution in [-0.2, 0) is 4.79 Å². The summed E-state index contributed by atoms with van der Waals surface area (Å²) in [5, 5.41) is 21.5. The van der Waals surface area contributed by atoms with Crippen molar-refractivity contribution in [2.75, 3.05) is 6.61 Å². The number of nitrogens with one attached hydrogen (secondary N) is 1. The number of hydrogen-bond acceptors (Lipinski definition) is 3. The zero-order chi connectivity index (χ0) is 13.6. The molecule has 1 aromatic rings. The third-order valence-electron chi connectivity index (χ3n) is 2.87. The summed E-state index contributed by atoms with van der Waals surface area (Å²) in [5.74, 6) is -0.218. The summed E-state index contributed by atoms with van der Waals surface area (Å²) in [5.41, 5.74) is -0.137. The van der Waals surface area contributed by atoms with Crippen molar-refractivity contribution in [3.05, 3.63) is 35.9 Å². The van der Waals surface area contributed by atoms with Gasteiger partial charge >= 0.3 is 0 Å². The SMILES string of the molecule is C[C@H](NC(=O)C[C@](C)(O)CCO)c1ccccc1. The van der Waals surface area contributed by atoms with Crippen LogP contribution < -0.4 is 5.32 Å². The predicted molar refractivity (Wildman–Crippen MR) is 69.9 cm³/mol. The number of benzene rings is 1. The van der Waals surface area contributed by atoms with E-state index in [0.29, 0.717) is 0 Å². The fraction of sp³-hybridized carbons (Fsp3) is 0.500. The molecule has 1 amide bonds. The highest BCUT2D eigenvalue weighted by atomic mass is 16.3. The molecule has 0 saturated carbocycles. The molecular weight excluding hydrogens is 230 g/mol. The van der Waals surface area contributed by atoms with Gasteiger partial charge in [0.25, 0.3) is 0 Å². The lowest BCUT2D eigenvalue weighted by atomic mass is 9.98. The molecule has 0 unspecified atom stereocenters. The summed E-state index contributed by atoms with van der Waals surface area (Å²) >= 11 is 0. The Morgan fingerprint density at radius 1 is 1.39 bits per heavy atom. The van der Waals surface area contributed by atoms with Crippen LogP contribution in [-0.4, -0.2) is 28.3 Å². The van der Waals surface area contributed by atoms with Gasteiger partial charge in [-0.2, -0.15) is 0 Å². The minimum Gasteiger partial charge on any atom is -0.396 e. The Labute approximate surface area is 108 Å². The maximum absolute atomic E-state index is 11.8. The van der Waals surface area contributed by atoms with Crippen LogP contribution in [0.1, 0.15) is 38.3 Å². The Hall–Kier alpha value is -1.39. The van der Waals surface area contributed by atoms with Gasteiger partial charge in [-0.1, -0.05) is 30.3 Å². The molecule has 2 atom stereocenters. The van der Waals surface area contributed by atoms with E-state index in [4.69, 9.17) is 5.11 Å². The largest absolute Gasteiger partial charge is 0.396 e. The molecule has 1 rings (SSSR count). The predicted octanol–water partition coefficient (Wildman–Crippen LogP) is 1.39. The maximum Gasteiger partial charge on any atom is 0.223 e. The highest BCUT2D eigenvalue weighted by molar-refractivity contribution is 5.77. The van der Waals surface area contributed by atoms with Crippen molar-refractivity contribution in [1.29, 1.82) is 0 Å². The van der Waals surface area contributed by atoms with Gasteiger partial charge in [0.05, 0.1) is 18.1 Å². The van der Waals surface area contributed by atoms with Gasteiger partial charge in [0.15, 0.2) is 0 Å². The molecule has 0 aliphatic rings. The van der Waals surface area contributed by atoms with E-state index < -0.39 is 5.60 Å². The second kappa shape index (κ2) is 6.52. The Morgan fingerprint density at radius 3 is 2.56 bits per heavy atom. The molecule has 0 aliphatic carbocycles. The first kappa shape index (κ1) is 14.7. The molecule has 0 bridgehead atoms.